The Balaban J connectivity index is 2.00. The lowest BCUT2D eigenvalue weighted by Gasteiger charge is -2.18. The predicted octanol–water partition coefficient (Wildman–Crippen LogP) is 3.95. The minimum Gasteiger partial charge on any atom is -0.497 e. The smallest absolute Gasteiger partial charge is 0.221 e. The van der Waals surface area contributed by atoms with Gasteiger partial charge in [0.15, 0.2) is 0 Å². The summed E-state index contributed by atoms with van der Waals surface area (Å²) in [6.45, 7) is 6.90. The van der Waals surface area contributed by atoms with E-state index in [-0.39, 0.29) is 11.8 Å². The minimum absolute atomic E-state index is 0.0409. The summed E-state index contributed by atoms with van der Waals surface area (Å²) in [5.41, 5.74) is 4.07. The van der Waals surface area contributed by atoms with E-state index in [1.807, 2.05) is 55.7 Å². The summed E-state index contributed by atoms with van der Waals surface area (Å²) in [4.78, 5) is 17.2. The molecule has 0 radical (unpaired) electrons. The number of nitrogens with zero attached hydrogens (tertiary/aromatic N) is 2. The number of aromatic nitrogens is 2. The number of nitrogens with one attached hydrogen (secondary N) is 1. The predicted molar refractivity (Wildman–Crippen MR) is 107 cm³/mol. The monoisotopic (exact) mass is 365 g/mol. The molecule has 0 aliphatic heterocycles. The van der Waals surface area contributed by atoms with E-state index < -0.39 is 0 Å². The first-order chi connectivity index (χ1) is 13.0. The number of ether oxygens (including phenoxy) is 1. The van der Waals surface area contributed by atoms with Crippen molar-refractivity contribution in [2.75, 3.05) is 13.7 Å². The number of carbonyl (C=O) groups is 1. The molecule has 0 saturated carbocycles. The molecule has 1 atom stereocenters. The molecule has 27 heavy (non-hydrogen) atoms. The molecule has 5 nitrogen and oxygen atoms in total. The molecule has 0 aliphatic carbocycles. The third kappa shape index (κ3) is 4.30. The van der Waals surface area contributed by atoms with E-state index in [1.165, 1.54) is 0 Å². The molecule has 0 unspecified atom stereocenters. The highest BCUT2D eigenvalue weighted by Crippen LogP contribution is 2.31. The second kappa shape index (κ2) is 8.25. The molecule has 0 spiro atoms. The van der Waals surface area contributed by atoms with E-state index in [4.69, 9.17) is 4.74 Å². The van der Waals surface area contributed by atoms with Gasteiger partial charge in [0, 0.05) is 31.3 Å². The van der Waals surface area contributed by atoms with Crippen LogP contribution in [0.1, 0.15) is 43.0 Å². The number of aryl methyl sites for hydroxylation is 1. The van der Waals surface area contributed by atoms with Crippen LogP contribution in [0, 0.1) is 12.8 Å². The van der Waals surface area contributed by atoms with Gasteiger partial charge in [-0.05, 0) is 42.2 Å². The SMILES string of the molecule is COc1cccc([C@@H](CC(=O)NCC(C)C)c2cnc3c(C)cccn23)c1. The van der Waals surface area contributed by atoms with E-state index in [0.717, 1.165) is 28.2 Å². The van der Waals surface area contributed by atoms with Crippen molar-refractivity contribution in [2.24, 2.45) is 5.92 Å². The average molecular weight is 365 g/mol. The molecule has 1 N–H and O–H groups in total. The molecule has 0 saturated heterocycles. The van der Waals surface area contributed by atoms with Crippen molar-refractivity contribution in [2.45, 2.75) is 33.1 Å². The average Bonchev–Trinajstić information content (AvgIpc) is 3.09. The van der Waals surface area contributed by atoms with Crippen molar-refractivity contribution in [3.05, 3.63) is 65.6 Å². The zero-order valence-electron chi connectivity index (χ0n) is 16.4. The van der Waals surface area contributed by atoms with Crippen LogP contribution in [0.4, 0.5) is 0 Å². The summed E-state index contributed by atoms with van der Waals surface area (Å²) in [6, 6.07) is 12.0. The number of benzene rings is 1. The molecule has 3 aromatic rings. The van der Waals surface area contributed by atoms with Gasteiger partial charge in [0.2, 0.25) is 5.91 Å². The topological polar surface area (TPSA) is 55.6 Å². The van der Waals surface area contributed by atoms with Crippen molar-refractivity contribution in [1.29, 1.82) is 0 Å². The van der Waals surface area contributed by atoms with Crippen molar-refractivity contribution in [1.82, 2.24) is 14.7 Å². The van der Waals surface area contributed by atoms with Gasteiger partial charge in [-0.3, -0.25) is 4.79 Å². The lowest BCUT2D eigenvalue weighted by Crippen LogP contribution is -2.29. The lowest BCUT2D eigenvalue weighted by atomic mass is 9.92. The summed E-state index contributed by atoms with van der Waals surface area (Å²) >= 11 is 0. The Labute approximate surface area is 160 Å². The van der Waals surface area contributed by atoms with Gasteiger partial charge in [0.25, 0.3) is 0 Å². The molecule has 1 amide bonds. The highest BCUT2D eigenvalue weighted by Gasteiger charge is 2.22. The Morgan fingerprint density at radius 1 is 1.26 bits per heavy atom. The molecule has 1 aromatic carbocycles. The molecular weight excluding hydrogens is 338 g/mol. The highest BCUT2D eigenvalue weighted by molar-refractivity contribution is 5.77. The summed E-state index contributed by atoms with van der Waals surface area (Å²) in [5.74, 6) is 1.14. The second-order valence-electron chi connectivity index (χ2n) is 7.30. The number of hydrogen-bond donors (Lipinski definition) is 1. The van der Waals surface area contributed by atoms with Crippen LogP contribution >= 0.6 is 0 Å². The van der Waals surface area contributed by atoms with Gasteiger partial charge in [0.1, 0.15) is 11.4 Å². The first-order valence-corrected chi connectivity index (χ1v) is 9.32. The second-order valence-corrected chi connectivity index (χ2v) is 7.30. The normalized spacial score (nSPS) is 12.3. The molecule has 0 bridgehead atoms. The van der Waals surface area contributed by atoms with Gasteiger partial charge in [-0.25, -0.2) is 4.98 Å². The molecule has 5 heteroatoms. The fraction of sp³-hybridized carbons (Fsp3) is 0.364. The van der Waals surface area contributed by atoms with E-state index in [2.05, 4.69) is 28.5 Å². The summed E-state index contributed by atoms with van der Waals surface area (Å²) in [7, 11) is 1.65. The van der Waals surface area contributed by atoms with E-state index in [9.17, 15) is 4.79 Å². The van der Waals surface area contributed by atoms with Crippen LogP contribution in [0.2, 0.25) is 0 Å². The van der Waals surface area contributed by atoms with Gasteiger partial charge < -0.3 is 14.5 Å². The van der Waals surface area contributed by atoms with Gasteiger partial charge in [-0.1, -0.05) is 32.0 Å². The number of fused-ring (bicyclic) bond motifs is 1. The van der Waals surface area contributed by atoms with Crippen LogP contribution in [-0.2, 0) is 4.79 Å². The highest BCUT2D eigenvalue weighted by atomic mass is 16.5. The maximum Gasteiger partial charge on any atom is 0.221 e. The number of rotatable bonds is 7. The van der Waals surface area contributed by atoms with E-state index >= 15 is 0 Å². The van der Waals surface area contributed by atoms with Crippen LogP contribution in [0.25, 0.3) is 5.65 Å². The fourth-order valence-electron chi connectivity index (χ4n) is 3.26. The molecule has 2 heterocycles. The minimum atomic E-state index is -0.107. The van der Waals surface area contributed by atoms with E-state index in [0.29, 0.717) is 18.9 Å². The standard InChI is InChI=1S/C22H27N3O2/c1-15(2)13-23-21(26)12-19(17-8-5-9-18(11-17)27-4)20-14-24-22-16(3)7-6-10-25(20)22/h5-11,14-15,19H,12-13H2,1-4H3,(H,23,26)/t19-/m1/s1. The number of methoxy groups -OCH3 is 1. The zero-order chi connectivity index (χ0) is 19.4. The Morgan fingerprint density at radius 3 is 2.81 bits per heavy atom. The third-order valence-electron chi connectivity index (χ3n) is 4.71. The first kappa shape index (κ1) is 19.0. The number of carbonyl (C=O) groups excluding carboxylic acids is 1. The Morgan fingerprint density at radius 2 is 2.07 bits per heavy atom. The molecule has 0 aliphatic rings. The van der Waals surface area contributed by atoms with Gasteiger partial charge in [-0.15, -0.1) is 0 Å². The zero-order valence-corrected chi connectivity index (χ0v) is 16.4. The van der Waals surface area contributed by atoms with Gasteiger partial charge >= 0.3 is 0 Å². The van der Waals surface area contributed by atoms with Crippen LogP contribution in [0.3, 0.4) is 0 Å². The van der Waals surface area contributed by atoms with Gasteiger partial charge in [0.05, 0.1) is 12.8 Å². The van der Waals surface area contributed by atoms with Crippen molar-refractivity contribution in [3.63, 3.8) is 0 Å². The van der Waals surface area contributed by atoms with Crippen molar-refractivity contribution < 1.29 is 9.53 Å². The maximum absolute atomic E-state index is 12.6. The quantitative estimate of drug-likeness (QED) is 0.690. The maximum atomic E-state index is 12.6. The van der Waals surface area contributed by atoms with Gasteiger partial charge in [-0.2, -0.15) is 0 Å². The van der Waals surface area contributed by atoms with Crippen LogP contribution in [0.15, 0.2) is 48.8 Å². The lowest BCUT2D eigenvalue weighted by molar-refractivity contribution is -0.121. The van der Waals surface area contributed by atoms with E-state index in [1.54, 1.807) is 7.11 Å². The van der Waals surface area contributed by atoms with Crippen molar-refractivity contribution in [3.8, 4) is 5.75 Å². The van der Waals surface area contributed by atoms with Crippen LogP contribution in [0.5, 0.6) is 5.75 Å². The third-order valence-corrected chi connectivity index (χ3v) is 4.71. The first-order valence-electron chi connectivity index (χ1n) is 9.32. The van der Waals surface area contributed by atoms with Crippen LogP contribution in [-0.4, -0.2) is 28.9 Å². The van der Waals surface area contributed by atoms with Crippen molar-refractivity contribution >= 4 is 11.6 Å². The number of hydrogen-bond acceptors (Lipinski definition) is 3. The summed E-state index contributed by atoms with van der Waals surface area (Å²) in [5, 5.41) is 3.03. The largest absolute Gasteiger partial charge is 0.497 e. The molecule has 3 rings (SSSR count). The Bertz CT molecular complexity index is 930. The molecular formula is C22H27N3O2. The summed E-state index contributed by atoms with van der Waals surface area (Å²) in [6.07, 6.45) is 4.24. The Hall–Kier alpha value is -2.82. The molecule has 0 fully saturated rings. The fourth-order valence-corrected chi connectivity index (χ4v) is 3.26. The number of amides is 1. The Kier molecular flexibility index (Phi) is 5.79. The molecule has 2 aromatic heterocycles. The summed E-state index contributed by atoms with van der Waals surface area (Å²) < 4.78 is 7.47. The van der Waals surface area contributed by atoms with Crippen LogP contribution < -0.4 is 10.1 Å². The number of imidazole rings is 1. The number of pyridine rings is 1. The molecule has 142 valence electrons.